The third-order valence-electron chi connectivity index (χ3n) is 2.24. The summed E-state index contributed by atoms with van der Waals surface area (Å²) in [7, 11) is 0. The molecule has 0 fully saturated rings. The van der Waals surface area contributed by atoms with Gasteiger partial charge in [0.2, 0.25) is 5.91 Å². The van der Waals surface area contributed by atoms with Gasteiger partial charge in [-0.05, 0) is 40.2 Å². The van der Waals surface area contributed by atoms with E-state index in [4.69, 9.17) is 5.26 Å². The van der Waals surface area contributed by atoms with Crippen LogP contribution in [0.5, 0.6) is 0 Å². The van der Waals surface area contributed by atoms with Crippen molar-refractivity contribution >= 4 is 27.5 Å². The summed E-state index contributed by atoms with van der Waals surface area (Å²) in [6, 6.07) is 8.77. The lowest BCUT2D eigenvalue weighted by molar-refractivity contribution is -0.116. The van der Waals surface area contributed by atoms with E-state index in [-0.39, 0.29) is 12.5 Å². The van der Waals surface area contributed by atoms with E-state index in [1.165, 1.54) is 4.68 Å². The number of hydrogen-bond acceptors (Lipinski definition) is 3. The highest BCUT2D eigenvalue weighted by Gasteiger charge is 2.07. The first kappa shape index (κ1) is 12.3. The van der Waals surface area contributed by atoms with Gasteiger partial charge in [0.1, 0.15) is 6.54 Å². The summed E-state index contributed by atoms with van der Waals surface area (Å²) in [5, 5.41) is 15.4. The smallest absolute Gasteiger partial charge is 0.246 e. The van der Waals surface area contributed by atoms with Gasteiger partial charge in [-0.2, -0.15) is 10.4 Å². The predicted molar refractivity (Wildman–Crippen MR) is 69.7 cm³/mol. The lowest BCUT2D eigenvalue weighted by Gasteiger charge is -2.07. The average Bonchev–Trinajstić information content (AvgIpc) is 2.84. The molecule has 0 unspecified atom stereocenters. The molecule has 90 valence electrons. The largest absolute Gasteiger partial charge is 0.323 e. The van der Waals surface area contributed by atoms with Crippen LogP contribution in [0.25, 0.3) is 0 Å². The van der Waals surface area contributed by atoms with E-state index in [1.807, 2.05) is 6.07 Å². The molecule has 2 aromatic rings. The highest BCUT2D eigenvalue weighted by molar-refractivity contribution is 9.10. The van der Waals surface area contributed by atoms with E-state index in [9.17, 15) is 4.79 Å². The van der Waals surface area contributed by atoms with Crippen molar-refractivity contribution in [3.05, 3.63) is 46.7 Å². The summed E-state index contributed by atoms with van der Waals surface area (Å²) in [5.74, 6) is -0.177. The normalized spacial score (nSPS) is 9.78. The summed E-state index contributed by atoms with van der Waals surface area (Å²) in [6.07, 6.45) is 3.33. The molecule has 0 saturated carbocycles. The molecule has 0 spiro atoms. The second-order valence-corrected chi connectivity index (χ2v) is 4.41. The van der Waals surface area contributed by atoms with Gasteiger partial charge in [-0.1, -0.05) is 0 Å². The number of nitriles is 1. The highest BCUT2D eigenvalue weighted by Crippen LogP contribution is 2.23. The first-order valence-corrected chi connectivity index (χ1v) is 5.95. The van der Waals surface area contributed by atoms with E-state index in [1.54, 1.807) is 36.7 Å². The van der Waals surface area contributed by atoms with E-state index in [0.717, 1.165) is 0 Å². The van der Waals surface area contributed by atoms with Crippen LogP contribution in [-0.4, -0.2) is 15.7 Å². The maximum Gasteiger partial charge on any atom is 0.246 e. The fourth-order valence-corrected chi connectivity index (χ4v) is 1.89. The molecule has 2 rings (SSSR count). The lowest BCUT2D eigenvalue weighted by Crippen LogP contribution is -2.19. The molecule has 1 aromatic heterocycles. The van der Waals surface area contributed by atoms with Crippen molar-refractivity contribution in [3.63, 3.8) is 0 Å². The molecule has 0 aliphatic heterocycles. The van der Waals surface area contributed by atoms with Gasteiger partial charge < -0.3 is 5.32 Å². The van der Waals surface area contributed by atoms with E-state index < -0.39 is 0 Å². The molecule has 0 atom stereocenters. The molecule has 1 amide bonds. The van der Waals surface area contributed by atoms with Crippen molar-refractivity contribution in [1.29, 1.82) is 5.26 Å². The van der Waals surface area contributed by atoms with Gasteiger partial charge >= 0.3 is 0 Å². The van der Waals surface area contributed by atoms with Crippen LogP contribution in [0.15, 0.2) is 41.1 Å². The maximum absolute atomic E-state index is 11.7. The van der Waals surface area contributed by atoms with Gasteiger partial charge in [0.05, 0.1) is 17.3 Å². The minimum atomic E-state index is -0.177. The summed E-state index contributed by atoms with van der Waals surface area (Å²) in [4.78, 5) is 11.7. The number of carbonyl (C=O) groups is 1. The minimum absolute atomic E-state index is 0.152. The summed E-state index contributed by atoms with van der Waals surface area (Å²) >= 11 is 3.31. The number of benzene rings is 1. The first-order chi connectivity index (χ1) is 8.69. The number of rotatable bonds is 3. The molecular weight excluding hydrogens is 296 g/mol. The van der Waals surface area contributed by atoms with Crippen LogP contribution >= 0.6 is 15.9 Å². The van der Waals surface area contributed by atoms with Crippen molar-refractivity contribution < 1.29 is 4.79 Å². The fraction of sp³-hybridized carbons (Fsp3) is 0.0833. The van der Waals surface area contributed by atoms with Crippen LogP contribution in [0, 0.1) is 11.3 Å². The Kier molecular flexibility index (Phi) is 3.75. The lowest BCUT2D eigenvalue weighted by atomic mass is 10.2. The Hall–Kier alpha value is -2.13. The second kappa shape index (κ2) is 5.47. The van der Waals surface area contributed by atoms with Crippen LogP contribution in [0.1, 0.15) is 5.56 Å². The topological polar surface area (TPSA) is 70.7 Å². The molecule has 18 heavy (non-hydrogen) atoms. The zero-order valence-electron chi connectivity index (χ0n) is 9.30. The molecule has 1 N–H and O–H groups in total. The van der Waals surface area contributed by atoms with E-state index >= 15 is 0 Å². The van der Waals surface area contributed by atoms with Crippen molar-refractivity contribution in [2.45, 2.75) is 6.54 Å². The Labute approximate surface area is 112 Å². The maximum atomic E-state index is 11.7. The van der Waals surface area contributed by atoms with Gasteiger partial charge in [-0.15, -0.1) is 0 Å². The monoisotopic (exact) mass is 304 g/mol. The molecule has 6 heteroatoms. The molecule has 0 aliphatic rings. The fourth-order valence-electron chi connectivity index (χ4n) is 1.42. The summed E-state index contributed by atoms with van der Waals surface area (Å²) in [5.41, 5.74) is 1.16. The Balaban J connectivity index is 2.05. The Morgan fingerprint density at radius 3 is 3.00 bits per heavy atom. The first-order valence-electron chi connectivity index (χ1n) is 5.16. The average molecular weight is 305 g/mol. The molecule has 1 heterocycles. The van der Waals surface area contributed by atoms with Gasteiger partial charge in [0, 0.05) is 16.9 Å². The van der Waals surface area contributed by atoms with Crippen LogP contribution < -0.4 is 5.32 Å². The van der Waals surface area contributed by atoms with Crippen LogP contribution in [0.2, 0.25) is 0 Å². The summed E-state index contributed by atoms with van der Waals surface area (Å²) < 4.78 is 2.21. The van der Waals surface area contributed by atoms with E-state index in [2.05, 4.69) is 26.3 Å². The van der Waals surface area contributed by atoms with Gasteiger partial charge in [0.25, 0.3) is 0 Å². The number of halogens is 1. The van der Waals surface area contributed by atoms with Gasteiger partial charge in [-0.3, -0.25) is 9.48 Å². The summed E-state index contributed by atoms with van der Waals surface area (Å²) in [6.45, 7) is 0.152. The number of nitrogens with one attached hydrogen (secondary N) is 1. The molecule has 0 radical (unpaired) electrons. The number of anilines is 1. The zero-order chi connectivity index (χ0) is 13.0. The number of aromatic nitrogens is 2. The highest BCUT2D eigenvalue weighted by atomic mass is 79.9. The number of amides is 1. The number of nitrogens with zero attached hydrogens (tertiary/aromatic N) is 3. The third-order valence-corrected chi connectivity index (χ3v) is 2.89. The molecule has 5 nitrogen and oxygen atoms in total. The van der Waals surface area contributed by atoms with Gasteiger partial charge in [-0.25, -0.2) is 0 Å². The minimum Gasteiger partial charge on any atom is -0.323 e. The van der Waals surface area contributed by atoms with Crippen molar-refractivity contribution in [3.8, 4) is 6.07 Å². The molecule has 0 aliphatic carbocycles. The molecule has 0 bridgehead atoms. The Morgan fingerprint density at radius 2 is 2.39 bits per heavy atom. The van der Waals surface area contributed by atoms with Crippen LogP contribution in [0.3, 0.4) is 0 Å². The standard InChI is InChI=1S/C12H9BrN4O/c13-10-6-9(7-14)2-3-11(10)16-12(18)8-17-5-1-4-15-17/h1-6H,8H2,(H,16,18). The predicted octanol–water partition coefficient (Wildman–Crippen LogP) is 2.16. The molecular formula is C12H9BrN4O. The molecule has 0 saturated heterocycles. The number of hydrogen-bond donors (Lipinski definition) is 1. The number of carbonyl (C=O) groups excluding carboxylic acids is 1. The molecule has 1 aromatic carbocycles. The van der Waals surface area contributed by atoms with Crippen LogP contribution in [-0.2, 0) is 11.3 Å². The van der Waals surface area contributed by atoms with Gasteiger partial charge in [0.15, 0.2) is 0 Å². The third kappa shape index (κ3) is 2.96. The zero-order valence-corrected chi connectivity index (χ0v) is 10.9. The van der Waals surface area contributed by atoms with Crippen molar-refractivity contribution in [2.75, 3.05) is 5.32 Å². The SMILES string of the molecule is N#Cc1ccc(NC(=O)Cn2cccn2)c(Br)c1. The second-order valence-electron chi connectivity index (χ2n) is 3.56. The Morgan fingerprint density at radius 1 is 1.56 bits per heavy atom. The quantitative estimate of drug-likeness (QED) is 0.944. The Bertz CT molecular complexity index is 601. The van der Waals surface area contributed by atoms with Crippen LogP contribution in [0.4, 0.5) is 5.69 Å². The van der Waals surface area contributed by atoms with Crippen molar-refractivity contribution in [1.82, 2.24) is 9.78 Å². The van der Waals surface area contributed by atoms with Crippen molar-refractivity contribution in [2.24, 2.45) is 0 Å². The van der Waals surface area contributed by atoms with E-state index in [0.29, 0.717) is 15.7 Å².